The molecule has 0 radical (unpaired) electrons. The van der Waals surface area contributed by atoms with Crippen molar-refractivity contribution in [1.82, 2.24) is 14.5 Å². The van der Waals surface area contributed by atoms with Crippen molar-refractivity contribution in [2.75, 3.05) is 13.7 Å². The maximum absolute atomic E-state index is 13.1. The number of amides is 1. The molecule has 2 aromatic heterocycles. The number of carboxylic acid groups (broad SMARTS) is 1. The first-order chi connectivity index (χ1) is 13.9. The molecular formula is C21H25N3O5. The molecule has 0 bridgehead atoms. The van der Waals surface area contributed by atoms with Crippen molar-refractivity contribution >= 4 is 17.7 Å². The van der Waals surface area contributed by atoms with Crippen molar-refractivity contribution < 1.29 is 24.2 Å². The zero-order valence-electron chi connectivity index (χ0n) is 16.6. The van der Waals surface area contributed by atoms with E-state index in [1.807, 2.05) is 16.8 Å². The largest absolute Gasteiger partial charge is 0.481 e. The average Bonchev–Trinajstić information content (AvgIpc) is 3.10. The quantitative estimate of drug-likeness (QED) is 0.695. The van der Waals surface area contributed by atoms with E-state index < -0.39 is 12.0 Å². The molecule has 1 amide bonds. The van der Waals surface area contributed by atoms with E-state index >= 15 is 0 Å². The minimum Gasteiger partial charge on any atom is -0.481 e. The van der Waals surface area contributed by atoms with Crippen LogP contribution in [-0.4, -0.2) is 50.9 Å². The fraction of sp³-hybridized carbons (Fsp3) is 0.429. The maximum Gasteiger partial charge on any atom is 0.305 e. The number of fused-ring (bicyclic) bond motifs is 1. The number of aryl methyl sites for hydroxylation is 1. The molecule has 0 saturated heterocycles. The molecule has 1 unspecified atom stereocenters. The minimum atomic E-state index is -0.982. The number of rotatable bonds is 9. The molecule has 8 heteroatoms. The van der Waals surface area contributed by atoms with E-state index in [0.29, 0.717) is 36.6 Å². The average molecular weight is 399 g/mol. The number of carbonyl (C=O) groups excluding carboxylic acids is 2. The number of pyridine rings is 1. The normalized spacial score (nSPS) is 14.4. The number of carbonyl (C=O) groups is 3. The zero-order chi connectivity index (χ0) is 21.0. The smallest absolute Gasteiger partial charge is 0.305 e. The molecule has 3 heterocycles. The lowest BCUT2D eigenvalue weighted by Crippen LogP contribution is -2.43. The highest BCUT2D eigenvalue weighted by atomic mass is 16.5. The van der Waals surface area contributed by atoms with Crippen molar-refractivity contribution in [2.24, 2.45) is 0 Å². The second kappa shape index (κ2) is 8.89. The van der Waals surface area contributed by atoms with E-state index in [9.17, 15) is 19.5 Å². The van der Waals surface area contributed by atoms with Gasteiger partial charge in [0.15, 0.2) is 0 Å². The zero-order valence-corrected chi connectivity index (χ0v) is 16.6. The standard InChI is InChI=1S/C21H25N3O5/c1-14(25)4-3-5-15-10-18-21(28)24(9-8-23(18)13-15)17(11-20(26)27)16-6-7-19(29-2)22-12-16/h6-7,10,12-13,17H,3-5,8-9,11H2,1-2H3,(H,26,27). The first-order valence-electron chi connectivity index (χ1n) is 9.60. The van der Waals surface area contributed by atoms with Crippen LogP contribution in [0, 0.1) is 0 Å². The number of Topliss-reactive ketones (excluding diaryl/α,β-unsaturated/α-hetero) is 1. The van der Waals surface area contributed by atoms with Gasteiger partial charge in [-0.1, -0.05) is 6.07 Å². The van der Waals surface area contributed by atoms with E-state index in [1.54, 1.807) is 30.2 Å². The Morgan fingerprint density at radius 2 is 2.10 bits per heavy atom. The van der Waals surface area contributed by atoms with E-state index in [1.165, 1.54) is 7.11 Å². The summed E-state index contributed by atoms with van der Waals surface area (Å²) in [4.78, 5) is 41.5. The lowest BCUT2D eigenvalue weighted by Gasteiger charge is -2.34. The van der Waals surface area contributed by atoms with Crippen LogP contribution in [0.25, 0.3) is 0 Å². The predicted octanol–water partition coefficient (Wildman–Crippen LogP) is 2.48. The molecule has 0 aromatic carbocycles. The number of ketones is 1. The van der Waals surface area contributed by atoms with Crippen LogP contribution >= 0.6 is 0 Å². The van der Waals surface area contributed by atoms with E-state index in [0.717, 1.165) is 18.4 Å². The second-order valence-electron chi connectivity index (χ2n) is 7.23. The first kappa shape index (κ1) is 20.6. The van der Waals surface area contributed by atoms with Gasteiger partial charge in [-0.25, -0.2) is 4.98 Å². The Balaban J connectivity index is 1.81. The third-order valence-corrected chi connectivity index (χ3v) is 5.11. The Labute approximate surface area is 169 Å². The van der Waals surface area contributed by atoms with Crippen molar-refractivity contribution in [3.63, 3.8) is 0 Å². The van der Waals surface area contributed by atoms with Gasteiger partial charge in [0.05, 0.1) is 19.6 Å². The van der Waals surface area contributed by atoms with Crippen LogP contribution in [-0.2, 0) is 22.6 Å². The molecule has 8 nitrogen and oxygen atoms in total. The molecule has 3 rings (SSSR count). The van der Waals surface area contributed by atoms with Gasteiger partial charge in [0.1, 0.15) is 11.5 Å². The Morgan fingerprint density at radius 3 is 2.72 bits per heavy atom. The van der Waals surface area contributed by atoms with Gasteiger partial charge in [-0.2, -0.15) is 0 Å². The van der Waals surface area contributed by atoms with Crippen LogP contribution in [0.15, 0.2) is 30.6 Å². The summed E-state index contributed by atoms with van der Waals surface area (Å²) in [5, 5.41) is 9.39. The number of hydrogen-bond acceptors (Lipinski definition) is 5. The second-order valence-corrected chi connectivity index (χ2v) is 7.23. The van der Waals surface area contributed by atoms with E-state index in [-0.39, 0.29) is 18.1 Å². The molecule has 29 heavy (non-hydrogen) atoms. The molecule has 1 atom stereocenters. The Morgan fingerprint density at radius 1 is 1.31 bits per heavy atom. The van der Waals surface area contributed by atoms with Gasteiger partial charge < -0.3 is 24.1 Å². The molecule has 0 spiro atoms. The Hall–Kier alpha value is -3.16. The molecule has 2 aromatic rings. The molecule has 1 aliphatic heterocycles. The number of aromatic nitrogens is 2. The Kier molecular flexibility index (Phi) is 6.31. The van der Waals surface area contributed by atoms with Gasteiger partial charge in [-0.05, 0) is 37.0 Å². The summed E-state index contributed by atoms with van der Waals surface area (Å²) < 4.78 is 6.97. The van der Waals surface area contributed by atoms with Gasteiger partial charge in [0.25, 0.3) is 5.91 Å². The van der Waals surface area contributed by atoms with Crippen LogP contribution < -0.4 is 4.74 Å². The first-order valence-corrected chi connectivity index (χ1v) is 9.60. The number of ether oxygens (including phenoxy) is 1. The lowest BCUT2D eigenvalue weighted by molar-refractivity contribution is -0.138. The predicted molar refractivity (Wildman–Crippen MR) is 105 cm³/mol. The van der Waals surface area contributed by atoms with E-state index in [4.69, 9.17) is 4.74 Å². The molecule has 0 aliphatic carbocycles. The summed E-state index contributed by atoms with van der Waals surface area (Å²) in [5.74, 6) is -0.599. The Bertz CT molecular complexity index is 904. The topological polar surface area (TPSA) is 102 Å². The number of aliphatic carboxylic acids is 1. The van der Waals surface area contributed by atoms with E-state index in [2.05, 4.69) is 4.98 Å². The summed E-state index contributed by atoms with van der Waals surface area (Å²) in [6.07, 6.45) is 5.30. The van der Waals surface area contributed by atoms with Gasteiger partial charge >= 0.3 is 5.97 Å². The lowest BCUT2D eigenvalue weighted by atomic mass is 10.0. The molecule has 1 N–H and O–H groups in total. The molecular weight excluding hydrogens is 374 g/mol. The molecule has 154 valence electrons. The highest BCUT2D eigenvalue weighted by molar-refractivity contribution is 5.94. The van der Waals surface area contributed by atoms with Crippen LogP contribution in [0.4, 0.5) is 0 Å². The molecule has 0 saturated carbocycles. The summed E-state index contributed by atoms with van der Waals surface area (Å²) in [5.41, 5.74) is 2.21. The summed E-state index contributed by atoms with van der Waals surface area (Å²) in [6, 6.07) is 4.64. The third kappa shape index (κ3) is 4.82. The van der Waals surface area contributed by atoms with Crippen molar-refractivity contribution in [2.45, 2.75) is 45.2 Å². The molecule has 0 fully saturated rings. The SMILES string of the molecule is COc1ccc(C(CC(=O)O)N2CCn3cc(CCCC(C)=O)cc3C2=O)cn1. The third-order valence-electron chi connectivity index (χ3n) is 5.11. The number of carboxylic acids is 1. The van der Waals surface area contributed by atoms with Gasteiger partial charge in [0.2, 0.25) is 5.88 Å². The van der Waals surface area contributed by atoms with Crippen molar-refractivity contribution in [1.29, 1.82) is 0 Å². The number of methoxy groups -OCH3 is 1. The highest BCUT2D eigenvalue weighted by Gasteiger charge is 2.33. The fourth-order valence-corrected chi connectivity index (χ4v) is 3.66. The summed E-state index contributed by atoms with van der Waals surface area (Å²) >= 11 is 0. The van der Waals surface area contributed by atoms with Gasteiger partial charge in [-0.3, -0.25) is 9.59 Å². The van der Waals surface area contributed by atoms with Crippen molar-refractivity contribution in [3.8, 4) is 5.88 Å². The maximum atomic E-state index is 13.1. The summed E-state index contributed by atoms with van der Waals surface area (Å²) in [7, 11) is 1.51. The highest BCUT2D eigenvalue weighted by Crippen LogP contribution is 2.30. The van der Waals surface area contributed by atoms with Crippen LogP contribution in [0.1, 0.15) is 53.8 Å². The molecule has 1 aliphatic rings. The monoisotopic (exact) mass is 399 g/mol. The van der Waals surface area contributed by atoms with Gasteiger partial charge in [0, 0.05) is 38.0 Å². The van der Waals surface area contributed by atoms with Crippen molar-refractivity contribution in [3.05, 3.63) is 47.4 Å². The number of nitrogens with zero attached hydrogens (tertiary/aromatic N) is 3. The van der Waals surface area contributed by atoms with Crippen LogP contribution in [0.2, 0.25) is 0 Å². The van der Waals surface area contributed by atoms with Crippen LogP contribution in [0.3, 0.4) is 0 Å². The minimum absolute atomic E-state index is 0.154. The van der Waals surface area contributed by atoms with Crippen LogP contribution in [0.5, 0.6) is 5.88 Å². The van der Waals surface area contributed by atoms with Gasteiger partial charge in [-0.15, -0.1) is 0 Å². The number of hydrogen-bond donors (Lipinski definition) is 1. The fourth-order valence-electron chi connectivity index (χ4n) is 3.66. The summed E-state index contributed by atoms with van der Waals surface area (Å²) in [6.45, 7) is 2.58.